The molecule has 13 heavy (non-hydrogen) atoms. The van der Waals surface area contributed by atoms with Crippen LogP contribution in [-0.2, 0) is 0 Å². The van der Waals surface area contributed by atoms with Crippen molar-refractivity contribution in [1.29, 1.82) is 0 Å². The number of hydrogen-bond donors (Lipinski definition) is 0. The van der Waals surface area contributed by atoms with Crippen molar-refractivity contribution in [3.05, 3.63) is 29.3 Å². The standard InChI is InChI=1S/C11H12O2/c1-8-3-2-4-11(10(8)7-12)13-9-5-6-9/h2-4,7,9H,5-6H2,1H3. The first-order valence-electron chi connectivity index (χ1n) is 4.52. The average molecular weight is 176 g/mol. The van der Waals surface area contributed by atoms with E-state index in [4.69, 9.17) is 4.74 Å². The lowest BCUT2D eigenvalue weighted by Crippen LogP contribution is -2.00. The van der Waals surface area contributed by atoms with E-state index in [1.165, 1.54) is 0 Å². The van der Waals surface area contributed by atoms with Gasteiger partial charge in [0, 0.05) is 0 Å². The molecule has 0 N–H and O–H groups in total. The third-order valence-corrected chi connectivity index (χ3v) is 2.22. The van der Waals surface area contributed by atoms with E-state index >= 15 is 0 Å². The Bertz CT molecular complexity index is 327. The average Bonchev–Trinajstić information content (AvgIpc) is 2.89. The monoisotopic (exact) mass is 176 g/mol. The van der Waals surface area contributed by atoms with Crippen molar-refractivity contribution in [2.75, 3.05) is 0 Å². The Labute approximate surface area is 77.5 Å². The first kappa shape index (κ1) is 8.30. The molecule has 0 amide bonds. The molecule has 1 aliphatic rings. The Morgan fingerprint density at radius 1 is 1.46 bits per heavy atom. The van der Waals surface area contributed by atoms with Gasteiger partial charge in [-0.15, -0.1) is 0 Å². The summed E-state index contributed by atoms with van der Waals surface area (Å²) < 4.78 is 5.60. The van der Waals surface area contributed by atoms with Crippen LogP contribution < -0.4 is 4.74 Å². The molecule has 0 unspecified atom stereocenters. The fourth-order valence-electron chi connectivity index (χ4n) is 1.27. The summed E-state index contributed by atoms with van der Waals surface area (Å²) in [6.45, 7) is 1.92. The number of benzene rings is 1. The Hall–Kier alpha value is -1.31. The molecule has 0 aromatic heterocycles. The van der Waals surface area contributed by atoms with Gasteiger partial charge in [-0.3, -0.25) is 4.79 Å². The van der Waals surface area contributed by atoms with E-state index in [9.17, 15) is 4.79 Å². The maximum Gasteiger partial charge on any atom is 0.154 e. The van der Waals surface area contributed by atoms with E-state index in [1.807, 2.05) is 25.1 Å². The highest BCUT2D eigenvalue weighted by Crippen LogP contribution is 2.29. The van der Waals surface area contributed by atoms with Crippen molar-refractivity contribution in [3.63, 3.8) is 0 Å². The highest BCUT2D eigenvalue weighted by Gasteiger charge is 2.24. The Morgan fingerprint density at radius 3 is 2.85 bits per heavy atom. The molecule has 2 rings (SSSR count). The third kappa shape index (κ3) is 1.72. The van der Waals surface area contributed by atoms with Crippen LogP contribution in [0.15, 0.2) is 18.2 Å². The van der Waals surface area contributed by atoms with Gasteiger partial charge in [-0.2, -0.15) is 0 Å². The van der Waals surface area contributed by atoms with E-state index < -0.39 is 0 Å². The Kier molecular flexibility index (Phi) is 2.05. The summed E-state index contributed by atoms with van der Waals surface area (Å²) in [6, 6.07) is 5.69. The van der Waals surface area contributed by atoms with Crippen molar-refractivity contribution >= 4 is 6.29 Å². The van der Waals surface area contributed by atoms with Crippen LogP contribution in [0.25, 0.3) is 0 Å². The van der Waals surface area contributed by atoms with Crippen LogP contribution in [0.4, 0.5) is 0 Å². The summed E-state index contributed by atoms with van der Waals surface area (Å²) in [5.74, 6) is 0.734. The molecule has 0 aliphatic heterocycles. The van der Waals surface area contributed by atoms with Crippen LogP contribution in [0.5, 0.6) is 5.75 Å². The van der Waals surface area contributed by atoms with E-state index in [2.05, 4.69) is 0 Å². The predicted octanol–water partition coefficient (Wildman–Crippen LogP) is 2.35. The molecule has 0 spiro atoms. The second-order valence-corrected chi connectivity index (χ2v) is 3.42. The Morgan fingerprint density at radius 2 is 2.23 bits per heavy atom. The van der Waals surface area contributed by atoms with Crippen LogP contribution in [0.2, 0.25) is 0 Å². The highest BCUT2D eigenvalue weighted by molar-refractivity contribution is 5.81. The van der Waals surface area contributed by atoms with Crippen LogP contribution in [0.1, 0.15) is 28.8 Å². The summed E-state index contributed by atoms with van der Waals surface area (Å²) in [6.07, 6.45) is 3.45. The van der Waals surface area contributed by atoms with Gasteiger partial charge in [0.25, 0.3) is 0 Å². The Balaban J connectivity index is 2.30. The summed E-state index contributed by atoms with van der Waals surface area (Å²) in [5.41, 5.74) is 1.67. The lowest BCUT2D eigenvalue weighted by atomic mass is 10.1. The maximum absolute atomic E-state index is 10.8. The van der Waals surface area contributed by atoms with Gasteiger partial charge in [0.2, 0.25) is 0 Å². The van der Waals surface area contributed by atoms with Crippen molar-refractivity contribution < 1.29 is 9.53 Å². The van der Waals surface area contributed by atoms with Gasteiger partial charge >= 0.3 is 0 Å². The van der Waals surface area contributed by atoms with Gasteiger partial charge in [-0.05, 0) is 31.4 Å². The van der Waals surface area contributed by atoms with Gasteiger partial charge in [-0.25, -0.2) is 0 Å². The van der Waals surface area contributed by atoms with Crippen LogP contribution >= 0.6 is 0 Å². The first-order chi connectivity index (χ1) is 6.31. The fourth-order valence-corrected chi connectivity index (χ4v) is 1.27. The van der Waals surface area contributed by atoms with Gasteiger partial charge in [0.05, 0.1) is 11.7 Å². The van der Waals surface area contributed by atoms with Crippen LogP contribution in [0.3, 0.4) is 0 Å². The topological polar surface area (TPSA) is 26.3 Å². The van der Waals surface area contributed by atoms with Crippen molar-refractivity contribution in [2.45, 2.75) is 25.9 Å². The molecule has 0 radical (unpaired) electrons. The van der Waals surface area contributed by atoms with Gasteiger partial charge < -0.3 is 4.74 Å². The van der Waals surface area contributed by atoms with E-state index in [0.717, 1.165) is 30.4 Å². The first-order valence-corrected chi connectivity index (χ1v) is 4.52. The number of aryl methyl sites for hydroxylation is 1. The number of rotatable bonds is 3. The zero-order valence-corrected chi connectivity index (χ0v) is 7.62. The predicted molar refractivity (Wildman–Crippen MR) is 50.2 cm³/mol. The molecule has 1 aromatic rings. The molecular formula is C11H12O2. The molecule has 2 nitrogen and oxygen atoms in total. The second kappa shape index (κ2) is 3.21. The van der Waals surface area contributed by atoms with Crippen molar-refractivity contribution in [3.8, 4) is 5.75 Å². The molecule has 0 saturated heterocycles. The molecule has 1 saturated carbocycles. The van der Waals surface area contributed by atoms with E-state index in [1.54, 1.807) is 0 Å². The molecule has 1 aliphatic carbocycles. The van der Waals surface area contributed by atoms with Crippen LogP contribution in [0, 0.1) is 6.92 Å². The zero-order valence-electron chi connectivity index (χ0n) is 7.62. The third-order valence-electron chi connectivity index (χ3n) is 2.22. The minimum Gasteiger partial charge on any atom is -0.490 e. The largest absolute Gasteiger partial charge is 0.490 e. The van der Waals surface area contributed by atoms with Gasteiger partial charge in [0.15, 0.2) is 6.29 Å². The number of carbonyl (C=O) groups is 1. The lowest BCUT2D eigenvalue weighted by molar-refractivity contribution is 0.111. The van der Waals surface area contributed by atoms with E-state index in [0.29, 0.717) is 11.7 Å². The molecule has 2 heteroatoms. The maximum atomic E-state index is 10.8. The highest BCUT2D eigenvalue weighted by atomic mass is 16.5. The van der Waals surface area contributed by atoms with Gasteiger partial charge in [-0.1, -0.05) is 12.1 Å². The summed E-state index contributed by atoms with van der Waals surface area (Å²) >= 11 is 0. The molecule has 0 atom stereocenters. The molecular weight excluding hydrogens is 164 g/mol. The summed E-state index contributed by atoms with van der Waals surface area (Å²) in [5, 5.41) is 0. The molecule has 1 fully saturated rings. The minimum atomic E-state index is 0.348. The number of ether oxygens (including phenoxy) is 1. The SMILES string of the molecule is Cc1cccc(OC2CC2)c1C=O. The molecule has 1 aromatic carbocycles. The van der Waals surface area contributed by atoms with Crippen molar-refractivity contribution in [2.24, 2.45) is 0 Å². The fraction of sp³-hybridized carbons (Fsp3) is 0.364. The van der Waals surface area contributed by atoms with Crippen LogP contribution in [-0.4, -0.2) is 12.4 Å². The number of aldehydes is 1. The smallest absolute Gasteiger partial charge is 0.154 e. The summed E-state index contributed by atoms with van der Waals surface area (Å²) in [4.78, 5) is 10.8. The van der Waals surface area contributed by atoms with Gasteiger partial charge in [0.1, 0.15) is 5.75 Å². The number of hydrogen-bond acceptors (Lipinski definition) is 2. The van der Waals surface area contributed by atoms with E-state index in [-0.39, 0.29) is 0 Å². The zero-order chi connectivity index (χ0) is 9.26. The molecule has 0 heterocycles. The molecule has 68 valence electrons. The second-order valence-electron chi connectivity index (χ2n) is 3.42. The molecule has 0 bridgehead atoms. The summed E-state index contributed by atoms with van der Waals surface area (Å²) in [7, 11) is 0. The normalized spacial score (nSPS) is 15.5. The number of carbonyl (C=O) groups excluding carboxylic acids is 1. The lowest BCUT2D eigenvalue weighted by Gasteiger charge is -2.08. The quantitative estimate of drug-likeness (QED) is 0.661. The minimum absolute atomic E-state index is 0.348. The van der Waals surface area contributed by atoms with Crippen molar-refractivity contribution in [1.82, 2.24) is 0 Å².